The van der Waals surface area contributed by atoms with Crippen LogP contribution in [0, 0.1) is 0 Å². The lowest BCUT2D eigenvalue weighted by Gasteiger charge is -2.23. The minimum absolute atomic E-state index is 0.0832. The first-order valence-electron chi connectivity index (χ1n) is 11.9. The normalized spacial score (nSPS) is 12.1. The van der Waals surface area contributed by atoms with Gasteiger partial charge < -0.3 is 10.2 Å². The van der Waals surface area contributed by atoms with Crippen molar-refractivity contribution in [3.05, 3.63) is 120 Å². The average molecular weight is 478 g/mol. The first-order valence-corrected chi connectivity index (χ1v) is 12.7. The Morgan fingerprint density at radius 2 is 1.57 bits per heavy atom. The van der Waals surface area contributed by atoms with Gasteiger partial charge in [0.25, 0.3) is 5.91 Å². The molecule has 4 aromatic rings. The minimum atomic E-state index is -0.0832. The second-order valence-corrected chi connectivity index (χ2v) is 9.36. The summed E-state index contributed by atoms with van der Waals surface area (Å²) < 4.78 is 0. The smallest absolute Gasteiger partial charge is 0.251 e. The Morgan fingerprint density at radius 1 is 0.857 bits per heavy atom. The van der Waals surface area contributed by atoms with Crippen LogP contribution in [0.1, 0.15) is 28.4 Å². The van der Waals surface area contributed by atoms with Crippen LogP contribution >= 0.6 is 11.8 Å². The summed E-state index contributed by atoms with van der Waals surface area (Å²) in [7, 11) is 0. The molecule has 0 fully saturated rings. The highest BCUT2D eigenvalue weighted by Gasteiger charge is 2.19. The Bertz CT molecular complexity index is 1350. The molecule has 4 nitrogen and oxygen atoms in total. The van der Waals surface area contributed by atoms with Gasteiger partial charge in [-0.2, -0.15) is 0 Å². The number of amides is 1. The summed E-state index contributed by atoms with van der Waals surface area (Å²) in [6.45, 7) is 4.32. The maximum Gasteiger partial charge on any atom is 0.251 e. The summed E-state index contributed by atoms with van der Waals surface area (Å²) in [5, 5.41) is 3.08. The number of anilines is 1. The summed E-state index contributed by atoms with van der Waals surface area (Å²) >= 11 is 1.69. The van der Waals surface area contributed by atoms with Gasteiger partial charge in [-0.05, 0) is 43.3 Å². The molecule has 1 aliphatic heterocycles. The van der Waals surface area contributed by atoms with Crippen LogP contribution in [0.15, 0.2) is 118 Å². The third-order valence-corrected chi connectivity index (χ3v) is 7.17. The topological polar surface area (TPSA) is 44.7 Å². The van der Waals surface area contributed by atoms with E-state index in [1.165, 1.54) is 0 Å². The number of likely N-dealkylation sites (N-methyl/N-ethyl adjacent to an activating group) is 1. The number of carbonyl (C=O) groups excluding carboxylic acids is 1. The number of fused-ring (bicyclic) bond motifs is 2. The maximum absolute atomic E-state index is 13.0. The number of nitrogens with one attached hydrogen (secondary N) is 1. The fourth-order valence-electron chi connectivity index (χ4n) is 4.21. The molecule has 174 valence electrons. The van der Waals surface area contributed by atoms with E-state index in [0.717, 1.165) is 51.1 Å². The van der Waals surface area contributed by atoms with Crippen molar-refractivity contribution >= 4 is 34.8 Å². The van der Waals surface area contributed by atoms with Crippen molar-refractivity contribution in [3.8, 4) is 0 Å². The molecule has 5 heteroatoms. The number of hydrogen-bond acceptors (Lipinski definition) is 4. The number of hydrogen-bond donors (Lipinski definition) is 1. The first-order chi connectivity index (χ1) is 17.2. The highest BCUT2D eigenvalue weighted by atomic mass is 32.2. The van der Waals surface area contributed by atoms with Crippen molar-refractivity contribution in [1.29, 1.82) is 0 Å². The lowest BCUT2D eigenvalue weighted by molar-refractivity contribution is 0.0954. The van der Waals surface area contributed by atoms with E-state index in [2.05, 4.69) is 59.6 Å². The second-order valence-electron chi connectivity index (χ2n) is 8.28. The standard InChI is InChI=1S/C30H27N3OS/c1-2-33(24-13-7-4-8-14-24)20-19-31-30(34)23-17-18-28-26(21-23)32-29(22-11-5-3-6-12-22)25-15-9-10-16-27(25)35-28/h3-18,21H,2,19-20H2,1H3,(H,31,34). The van der Waals surface area contributed by atoms with E-state index >= 15 is 0 Å². The molecule has 1 aliphatic rings. The molecule has 5 rings (SSSR count). The molecule has 0 aromatic heterocycles. The van der Waals surface area contributed by atoms with E-state index in [1.807, 2.05) is 60.7 Å². The highest BCUT2D eigenvalue weighted by Crippen LogP contribution is 2.41. The predicted octanol–water partition coefficient (Wildman–Crippen LogP) is 6.58. The summed E-state index contributed by atoms with van der Waals surface area (Å²) in [4.78, 5) is 22.5. The minimum Gasteiger partial charge on any atom is -0.370 e. The predicted molar refractivity (Wildman–Crippen MR) is 145 cm³/mol. The zero-order chi connectivity index (χ0) is 24.0. The van der Waals surface area contributed by atoms with Crippen molar-refractivity contribution < 1.29 is 4.79 Å². The summed E-state index contributed by atoms with van der Waals surface area (Å²) in [5.41, 5.74) is 5.68. The van der Waals surface area contributed by atoms with Gasteiger partial charge >= 0.3 is 0 Å². The Hall–Kier alpha value is -3.83. The number of aliphatic imine (C=N–C) groups is 1. The van der Waals surface area contributed by atoms with Gasteiger partial charge in [-0.3, -0.25) is 4.79 Å². The Labute approximate surface area is 210 Å². The lowest BCUT2D eigenvalue weighted by atomic mass is 10.0. The number of para-hydroxylation sites is 1. The molecule has 0 unspecified atom stereocenters. The van der Waals surface area contributed by atoms with Gasteiger partial charge in [-0.15, -0.1) is 0 Å². The highest BCUT2D eigenvalue weighted by molar-refractivity contribution is 7.99. The average Bonchev–Trinajstić information content (AvgIpc) is 3.08. The van der Waals surface area contributed by atoms with Crippen LogP contribution in [-0.4, -0.2) is 31.3 Å². The van der Waals surface area contributed by atoms with Crippen LogP contribution in [0.4, 0.5) is 11.4 Å². The molecule has 0 saturated heterocycles. The van der Waals surface area contributed by atoms with E-state index in [4.69, 9.17) is 4.99 Å². The van der Waals surface area contributed by atoms with Gasteiger partial charge in [-0.25, -0.2) is 4.99 Å². The molecule has 35 heavy (non-hydrogen) atoms. The summed E-state index contributed by atoms with van der Waals surface area (Å²) in [6.07, 6.45) is 0. The van der Waals surface area contributed by atoms with E-state index < -0.39 is 0 Å². The molecule has 0 radical (unpaired) electrons. The number of benzene rings is 4. The molecule has 0 aliphatic carbocycles. The largest absolute Gasteiger partial charge is 0.370 e. The van der Waals surface area contributed by atoms with Gasteiger partial charge in [-0.1, -0.05) is 78.5 Å². The van der Waals surface area contributed by atoms with E-state index in [9.17, 15) is 4.79 Å². The van der Waals surface area contributed by atoms with Gasteiger partial charge in [0, 0.05) is 51.8 Å². The van der Waals surface area contributed by atoms with Crippen molar-refractivity contribution in [2.24, 2.45) is 4.99 Å². The first kappa shape index (κ1) is 22.9. The fraction of sp³-hybridized carbons (Fsp3) is 0.133. The molecule has 1 N–H and O–H groups in total. The van der Waals surface area contributed by atoms with Gasteiger partial charge in [0.05, 0.1) is 11.4 Å². The molecule has 0 spiro atoms. The maximum atomic E-state index is 13.0. The van der Waals surface area contributed by atoms with Crippen molar-refractivity contribution in [2.75, 3.05) is 24.5 Å². The Morgan fingerprint density at radius 3 is 2.34 bits per heavy atom. The summed E-state index contributed by atoms with van der Waals surface area (Å²) in [5.74, 6) is -0.0832. The number of nitrogens with zero attached hydrogens (tertiary/aromatic N) is 2. The molecule has 1 amide bonds. The van der Waals surface area contributed by atoms with Crippen molar-refractivity contribution in [2.45, 2.75) is 16.7 Å². The number of carbonyl (C=O) groups is 1. The molecular weight excluding hydrogens is 450 g/mol. The molecular formula is C30H27N3OS. The van der Waals surface area contributed by atoms with E-state index in [-0.39, 0.29) is 5.91 Å². The molecule has 0 atom stereocenters. The third kappa shape index (κ3) is 5.15. The zero-order valence-corrected chi connectivity index (χ0v) is 20.5. The monoisotopic (exact) mass is 477 g/mol. The van der Waals surface area contributed by atoms with Crippen LogP contribution in [-0.2, 0) is 0 Å². The number of rotatable bonds is 7. The summed E-state index contributed by atoms with van der Waals surface area (Å²) in [6, 6.07) is 34.6. The van der Waals surface area contributed by atoms with Gasteiger partial charge in [0.1, 0.15) is 0 Å². The second kappa shape index (κ2) is 10.6. The van der Waals surface area contributed by atoms with Crippen molar-refractivity contribution in [3.63, 3.8) is 0 Å². The van der Waals surface area contributed by atoms with E-state index in [1.54, 1.807) is 11.8 Å². The van der Waals surface area contributed by atoms with Crippen LogP contribution in [0.25, 0.3) is 0 Å². The third-order valence-electron chi connectivity index (χ3n) is 6.03. The van der Waals surface area contributed by atoms with Crippen molar-refractivity contribution in [1.82, 2.24) is 5.32 Å². The molecule has 1 heterocycles. The fourth-order valence-corrected chi connectivity index (χ4v) is 5.22. The molecule has 4 aromatic carbocycles. The van der Waals surface area contributed by atoms with Crippen LogP contribution < -0.4 is 10.2 Å². The quantitative estimate of drug-likeness (QED) is 0.288. The molecule has 0 bridgehead atoms. The van der Waals surface area contributed by atoms with Gasteiger partial charge in [0.2, 0.25) is 0 Å². The van der Waals surface area contributed by atoms with Crippen LogP contribution in [0.3, 0.4) is 0 Å². The Kier molecular flexibility index (Phi) is 6.96. The van der Waals surface area contributed by atoms with E-state index in [0.29, 0.717) is 12.1 Å². The lowest BCUT2D eigenvalue weighted by Crippen LogP contribution is -2.34. The van der Waals surface area contributed by atoms with Gasteiger partial charge in [0.15, 0.2) is 0 Å². The van der Waals surface area contributed by atoms with Crippen LogP contribution in [0.5, 0.6) is 0 Å². The van der Waals surface area contributed by atoms with Crippen LogP contribution in [0.2, 0.25) is 0 Å². The Balaban J connectivity index is 1.38. The molecule has 0 saturated carbocycles. The zero-order valence-electron chi connectivity index (χ0n) is 19.6. The SMILES string of the molecule is CCN(CCNC(=O)c1ccc2c(c1)N=C(c1ccccc1)c1ccccc1S2)c1ccccc1.